The zero-order valence-corrected chi connectivity index (χ0v) is 15.8. The second-order valence-corrected chi connectivity index (χ2v) is 8.13. The summed E-state index contributed by atoms with van der Waals surface area (Å²) in [5.74, 6) is 0.166. The Morgan fingerprint density at radius 2 is 1.92 bits per heavy atom. The van der Waals surface area contributed by atoms with Crippen molar-refractivity contribution in [1.29, 1.82) is 0 Å². The summed E-state index contributed by atoms with van der Waals surface area (Å²) in [7, 11) is 0. The first-order valence-corrected chi connectivity index (χ1v) is 10.3. The van der Waals surface area contributed by atoms with E-state index in [1.165, 1.54) is 43.4 Å². The average Bonchev–Trinajstić information content (AvgIpc) is 3.11. The number of fused-ring (bicyclic) bond motifs is 1. The average molecular weight is 359 g/mol. The van der Waals surface area contributed by atoms with E-state index in [4.69, 9.17) is 4.74 Å². The molecule has 0 unspecified atom stereocenters. The molecule has 2 N–H and O–H groups in total. The van der Waals surface area contributed by atoms with E-state index in [9.17, 15) is 4.79 Å². The lowest BCUT2D eigenvalue weighted by molar-refractivity contribution is -0.960. The fourth-order valence-corrected chi connectivity index (χ4v) is 5.10. The Balaban J connectivity index is 1.36. The van der Waals surface area contributed by atoms with Gasteiger partial charge in [-0.15, -0.1) is 0 Å². The highest BCUT2D eigenvalue weighted by Gasteiger charge is 2.42. The van der Waals surface area contributed by atoms with Gasteiger partial charge in [0.05, 0.1) is 26.3 Å². The summed E-state index contributed by atoms with van der Waals surface area (Å²) in [5, 5.41) is 3.31. The van der Waals surface area contributed by atoms with E-state index in [1.807, 2.05) is 0 Å². The Kier molecular flexibility index (Phi) is 5.46. The minimum absolute atomic E-state index is 0.166. The molecule has 1 saturated heterocycles. The number of carbonyl (C=O) groups is 1. The standard InChI is InChI=1S/C21H31N3O2/c25-20(16-23-11-8-18-6-2-3-7-19(18)23)22-17-21(9-4-1-5-10-21)24-12-14-26-15-13-24/h2-3,6-7H,1,4-5,8-17H2,(H,22,25)/p+1. The van der Waals surface area contributed by atoms with Crippen molar-refractivity contribution in [1.82, 2.24) is 5.32 Å². The van der Waals surface area contributed by atoms with Crippen LogP contribution in [0.1, 0.15) is 37.7 Å². The van der Waals surface area contributed by atoms with Crippen LogP contribution in [0.25, 0.3) is 0 Å². The third-order valence-corrected chi connectivity index (χ3v) is 6.60. The van der Waals surface area contributed by atoms with E-state index in [2.05, 4.69) is 34.5 Å². The first-order valence-electron chi connectivity index (χ1n) is 10.3. The van der Waals surface area contributed by atoms with E-state index in [0.29, 0.717) is 6.54 Å². The fraction of sp³-hybridized carbons (Fsp3) is 0.667. The van der Waals surface area contributed by atoms with Gasteiger partial charge in [-0.1, -0.05) is 24.6 Å². The number of hydrogen-bond acceptors (Lipinski definition) is 3. The molecule has 5 nitrogen and oxygen atoms in total. The van der Waals surface area contributed by atoms with Crippen molar-refractivity contribution in [3.8, 4) is 0 Å². The van der Waals surface area contributed by atoms with Crippen molar-refractivity contribution in [3.05, 3.63) is 29.8 Å². The second-order valence-electron chi connectivity index (χ2n) is 8.13. The maximum Gasteiger partial charge on any atom is 0.239 e. The molecule has 1 aliphatic carbocycles. The lowest BCUT2D eigenvalue weighted by Crippen LogP contribution is -3.23. The molecule has 2 fully saturated rings. The highest BCUT2D eigenvalue weighted by atomic mass is 16.5. The van der Waals surface area contributed by atoms with Gasteiger partial charge in [0.1, 0.15) is 18.6 Å². The summed E-state index contributed by atoms with van der Waals surface area (Å²) < 4.78 is 5.57. The van der Waals surface area contributed by atoms with Gasteiger partial charge in [-0.3, -0.25) is 4.79 Å². The molecule has 4 rings (SSSR count). The van der Waals surface area contributed by atoms with Crippen LogP contribution in [0.4, 0.5) is 5.69 Å². The lowest BCUT2D eigenvalue weighted by Gasteiger charge is -2.45. The van der Waals surface area contributed by atoms with Gasteiger partial charge in [0, 0.05) is 25.1 Å². The van der Waals surface area contributed by atoms with Gasteiger partial charge in [0.15, 0.2) is 0 Å². The molecule has 0 aromatic heterocycles. The zero-order valence-electron chi connectivity index (χ0n) is 15.8. The Morgan fingerprint density at radius 1 is 1.15 bits per heavy atom. The molecule has 5 heteroatoms. The monoisotopic (exact) mass is 358 g/mol. The van der Waals surface area contributed by atoms with Crippen molar-refractivity contribution in [2.24, 2.45) is 0 Å². The number of quaternary nitrogens is 1. The summed E-state index contributed by atoms with van der Waals surface area (Å²) >= 11 is 0. The molecule has 0 radical (unpaired) electrons. The van der Waals surface area contributed by atoms with Gasteiger partial charge < -0.3 is 19.9 Å². The molecular weight excluding hydrogens is 326 g/mol. The van der Waals surface area contributed by atoms with Crippen LogP contribution < -0.4 is 15.1 Å². The molecule has 3 aliphatic rings. The predicted molar refractivity (Wildman–Crippen MR) is 103 cm³/mol. The molecule has 2 aliphatic heterocycles. The highest BCUT2D eigenvalue weighted by molar-refractivity contribution is 5.82. The van der Waals surface area contributed by atoms with E-state index >= 15 is 0 Å². The van der Waals surface area contributed by atoms with Gasteiger partial charge in [-0.25, -0.2) is 0 Å². The first-order chi connectivity index (χ1) is 12.8. The van der Waals surface area contributed by atoms with Crippen LogP contribution in [0.3, 0.4) is 0 Å². The highest BCUT2D eigenvalue weighted by Crippen LogP contribution is 2.27. The first kappa shape index (κ1) is 17.8. The van der Waals surface area contributed by atoms with E-state index in [0.717, 1.165) is 45.8 Å². The Hall–Kier alpha value is -1.59. The minimum Gasteiger partial charge on any atom is -0.370 e. The summed E-state index contributed by atoms with van der Waals surface area (Å²) in [6.07, 6.45) is 7.43. The SMILES string of the molecule is O=C(CN1CCc2ccccc21)NCC1([NH+]2CCOCC2)CCCCC1. The number of para-hydroxylation sites is 1. The smallest absolute Gasteiger partial charge is 0.239 e. The van der Waals surface area contributed by atoms with E-state index in [-0.39, 0.29) is 11.4 Å². The molecule has 142 valence electrons. The number of hydrogen-bond donors (Lipinski definition) is 2. The topological polar surface area (TPSA) is 46.0 Å². The summed E-state index contributed by atoms with van der Waals surface area (Å²) in [5.41, 5.74) is 2.82. The third kappa shape index (κ3) is 3.74. The summed E-state index contributed by atoms with van der Waals surface area (Å²) in [6.45, 7) is 6.12. The number of nitrogens with one attached hydrogen (secondary N) is 2. The Labute approximate surface area is 156 Å². The molecule has 1 aromatic rings. The van der Waals surface area contributed by atoms with Crippen molar-refractivity contribution >= 4 is 11.6 Å². The maximum absolute atomic E-state index is 12.7. The van der Waals surface area contributed by atoms with Crippen LogP contribution >= 0.6 is 0 Å². The van der Waals surface area contributed by atoms with Crippen molar-refractivity contribution < 1.29 is 14.4 Å². The maximum atomic E-state index is 12.7. The number of nitrogens with zero attached hydrogens (tertiary/aromatic N) is 1. The normalized spacial score (nSPS) is 22.8. The predicted octanol–water partition coefficient (Wildman–Crippen LogP) is 0.783. The van der Waals surface area contributed by atoms with Crippen LogP contribution in [0.15, 0.2) is 24.3 Å². The number of benzene rings is 1. The Morgan fingerprint density at radius 3 is 2.73 bits per heavy atom. The van der Waals surface area contributed by atoms with Crippen LogP contribution in [-0.2, 0) is 16.0 Å². The van der Waals surface area contributed by atoms with E-state index in [1.54, 1.807) is 4.90 Å². The van der Waals surface area contributed by atoms with Gasteiger partial charge in [-0.05, 0) is 30.9 Å². The molecule has 0 atom stereocenters. The molecule has 1 saturated carbocycles. The fourth-order valence-electron chi connectivity index (χ4n) is 5.10. The van der Waals surface area contributed by atoms with Crippen LogP contribution in [0.5, 0.6) is 0 Å². The van der Waals surface area contributed by atoms with Gasteiger partial charge in [0.2, 0.25) is 5.91 Å². The summed E-state index contributed by atoms with van der Waals surface area (Å²) in [4.78, 5) is 16.6. The molecule has 2 heterocycles. The molecular formula is C21H32N3O2+. The number of anilines is 1. The summed E-state index contributed by atoms with van der Waals surface area (Å²) in [6, 6.07) is 8.45. The van der Waals surface area contributed by atoms with Gasteiger partial charge >= 0.3 is 0 Å². The van der Waals surface area contributed by atoms with Crippen LogP contribution in [0, 0.1) is 0 Å². The molecule has 1 aromatic carbocycles. The third-order valence-electron chi connectivity index (χ3n) is 6.60. The Bertz CT molecular complexity index is 621. The second kappa shape index (κ2) is 7.97. The quantitative estimate of drug-likeness (QED) is 0.818. The molecule has 26 heavy (non-hydrogen) atoms. The van der Waals surface area contributed by atoms with Crippen molar-refractivity contribution in [2.45, 2.75) is 44.1 Å². The molecule has 1 amide bonds. The van der Waals surface area contributed by atoms with E-state index < -0.39 is 0 Å². The lowest BCUT2D eigenvalue weighted by atomic mass is 9.79. The van der Waals surface area contributed by atoms with Gasteiger partial charge in [-0.2, -0.15) is 0 Å². The minimum atomic E-state index is 0.166. The van der Waals surface area contributed by atoms with Crippen molar-refractivity contribution in [3.63, 3.8) is 0 Å². The van der Waals surface area contributed by atoms with Crippen LogP contribution in [0.2, 0.25) is 0 Å². The van der Waals surface area contributed by atoms with Crippen LogP contribution in [-0.4, -0.2) is 57.4 Å². The number of carbonyl (C=O) groups excluding carboxylic acids is 1. The number of ether oxygens (including phenoxy) is 1. The molecule has 0 bridgehead atoms. The van der Waals surface area contributed by atoms with Gasteiger partial charge in [0.25, 0.3) is 0 Å². The number of rotatable bonds is 5. The van der Waals surface area contributed by atoms with Crippen molar-refractivity contribution in [2.75, 3.05) is 50.8 Å². The largest absolute Gasteiger partial charge is 0.370 e. The number of amides is 1. The molecule has 0 spiro atoms. The number of morpholine rings is 1. The zero-order chi connectivity index (χ0) is 17.8.